The van der Waals surface area contributed by atoms with Crippen molar-refractivity contribution in [2.24, 2.45) is 5.92 Å². The van der Waals surface area contributed by atoms with E-state index in [2.05, 4.69) is 18.8 Å². The van der Waals surface area contributed by atoms with Crippen LogP contribution in [0, 0.1) is 5.92 Å². The minimum atomic E-state index is -0.454. The summed E-state index contributed by atoms with van der Waals surface area (Å²) in [5.41, 5.74) is 0.611. The number of hydrogen-bond donors (Lipinski definition) is 0. The number of thiazole rings is 1. The summed E-state index contributed by atoms with van der Waals surface area (Å²) in [6.45, 7) is 11.9. The van der Waals surface area contributed by atoms with Crippen LogP contribution in [0.2, 0.25) is 0 Å². The van der Waals surface area contributed by atoms with Gasteiger partial charge in [0.15, 0.2) is 0 Å². The molecular weight excluding hydrogens is 300 g/mol. The largest absolute Gasteiger partial charge is 0.470 e. The first-order valence-electron chi connectivity index (χ1n) is 7.84. The fourth-order valence-electron chi connectivity index (χ4n) is 2.15. The zero-order chi connectivity index (χ0) is 16.3. The molecule has 0 fully saturated rings. The third-order valence-electron chi connectivity index (χ3n) is 3.18. The van der Waals surface area contributed by atoms with E-state index in [9.17, 15) is 4.79 Å². The van der Waals surface area contributed by atoms with Gasteiger partial charge in [-0.05, 0) is 26.7 Å². The average molecular weight is 326 g/mol. The molecule has 0 radical (unpaired) electrons. The lowest BCUT2D eigenvalue weighted by Crippen LogP contribution is -2.38. The Morgan fingerprint density at radius 2 is 2.00 bits per heavy atom. The molecule has 0 N–H and O–H groups in total. The molecule has 0 unspecified atom stereocenters. The van der Waals surface area contributed by atoms with E-state index in [1.165, 1.54) is 4.88 Å². The molecule has 0 aliphatic carbocycles. The van der Waals surface area contributed by atoms with Gasteiger partial charge in [0.25, 0.3) is 5.19 Å². The Labute approximate surface area is 136 Å². The van der Waals surface area contributed by atoms with Gasteiger partial charge in [0.05, 0.1) is 12.3 Å². The molecule has 6 heteroatoms. The third kappa shape index (κ3) is 4.87. The maximum absolute atomic E-state index is 12.1. The smallest absolute Gasteiger partial charge is 0.410 e. The summed E-state index contributed by atoms with van der Waals surface area (Å²) >= 11 is 1.61. The monoisotopic (exact) mass is 326 g/mol. The van der Waals surface area contributed by atoms with Crippen molar-refractivity contribution in [2.45, 2.75) is 53.1 Å². The zero-order valence-electron chi connectivity index (χ0n) is 14.1. The SMILES string of the molecule is CC(C)COc1nc2c(s1)CCN(C(=O)OC(C)(C)C)CC2. The highest BCUT2D eigenvalue weighted by molar-refractivity contribution is 7.13. The van der Waals surface area contributed by atoms with E-state index in [0.717, 1.165) is 23.7 Å². The summed E-state index contributed by atoms with van der Waals surface area (Å²) in [5, 5.41) is 0.754. The second-order valence-corrected chi connectivity index (χ2v) is 8.07. The van der Waals surface area contributed by atoms with Gasteiger partial charge in [-0.25, -0.2) is 9.78 Å². The van der Waals surface area contributed by atoms with Crippen LogP contribution in [0.25, 0.3) is 0 Å². The molecule has 0 aromatic carbocycles. The minimum Gasteiger partial charge on any atom is -0.470 e. The van der Waals surface area contributed by atoms with Crippen LogP contribution in [0.4, 0.5) is 4.79 Å². The van der Waals surface area contributed by atoms with Gasteiger partial charge in [0.2, 0.25) is 0 Å². The summed E-state index contributed by atoms with van der Waals surface area (Å²) in [4.78, 5) is 19.7. The van der Waals surface area contributed by atoms with Crippen LogP contribution in [-0.2, 0) is 17.6 Å². The fraction of sp³-hybridized carbons (Fsp3) is 0.750. The molecule has 0 spiro atoms. The first-order chi connectivity index (χ1) is 10.2. The Hall–Kier alpha value is -1.30. The first kappa shape index (κ1) is 17.1. The van der Waals surface area contributed by atoms with Gasteiger partial charge >= 0.3 is 6.09 Å². The van der Waals surface area contributed by atoms with Crippen LogP contribution in [0.15, 0.2) is 0 Å². The summed E-state index contributed by atoms with van der Waals surface area (Å²) in [6, 6.07) is 0. The van der Waals surface area contributed by atoms with Crippen molar-refractivity contribution in [3.8, 4) is 5.19 Å². The van der Waals surface area contributed by atoms with Crippen molar-refractivity contribution in [2.75, 3.05) is 19.7 Å². The molecule has 0 saturated carbocycles. The molecule has 1 amide bonds. The van der Waals surface area contributed by atoms with E-state index < -0.39 is 5.60 Å². The van der Waals surface area contributed by atoms with Crippen molar-refractivity contribution in [1.29, 1.82) is 0 Å². The maximum Gasteiger partial charge on any atom is 0.410 e. The zero-order valence-corrected chi connectivity index (χ0v) is 15.0. The number of carbonyl (C=O) groups excluding carboxylic acids is 1. The van der Waals surface area contributed by atoms with Crippen LogP contribution in [-0.4, -0.2) is 41.3 Å². The van der Waals surface area contributed by atoms with Gasteiger partial charge in [-0.3, -0.25) is 0 Å². The lowest BCUT2D eigenvalue weighted by Gasteiger charge is -2.26. The highest BCUT2D eigenvalue weighted by atomic mass is 32.1. The second-order valence-electron chi connectivity index (χ2n) is 7.02. The molecule has 1 aromatic rings. The van der Waals surface area contributed by atoms with E-state index in [1.807, 2.05) is 20.8 Å². The van der Waals surface area contributed by atoms with Crippen molar-refractivity contribution in [1.82, 2.24) is 9.88 Å². The van der Waals surface area contributed by atoms with Crippen LogP contribution >= 0.6 is 11.3 Å². The maximum atomic E-state index is 12.1. The van der Waals surface area contributed by atoms with Gasteiger partial charge in [0, 0.05) is 30.8 Å². The first-order valence-corrected chi connectivity index (χ1v) is 8.65. The van der Waals surface area contributed by atoms with Gasteiger partial charge in [-0.2, -0.15) is 0 Å². The number of amides is 1. The second kappa shape index (κ2) is 6.86. The summed E-state index contributed by atoms with van der Waals surface area (Å²) in [7, 11) is 0. The van der Waals surface area contributed by atoms with E-state index in [1.54, 1.807) is 16.2 Å². The standard InChI is InChI=1S/C16H26N2O3S/c1-11(2)10-20-14-17-12-6-8-18(9-7-13(12)22-14)15(19)21-16(3,4)5/h11H,6-10H2,1-5H3. The molecule has 1 aliphatic heterocycles. The molecule has 124 valence electrons. The predicted molar refractivity (Wildman–Crippen MR) is 87.7 cm³/mol. The summed E-state index contributed by atoms with van der Waals surface area (Å²) in [6.07, 6.45) is 1.34. The van der Waals surface area contributed by atoms with Gasteiger partial charge in [0.1, 0.15) is 5.60 Å². The van der Waals surface area contributed by atoms with Crippen LogP contribution in [0.3, 0.4) is 0 Å². The Morgan fingerprint density at radius 1 is 1.32 bits per heavy atom. The third-order valence-corrected chi connectivity index (χ3v) is 4.25. The number of aromatic nitrogens is 1. The molecular formula is C16H26N2O3S. The van der Waals surface area contributed by atoms with E-state index in [0.29, 0.717) is 25.6 Å². The predicted octanol–water partition coefficient (Wildman–Crippen LogP) is 3.51. The lowest BCUT2D eigenvalue weighted by molar-refractivity contribution is 0.0258. The lowest BCUT2D eigenvalue weighted by atomic mass is 10.2. The number of rotatable bonds is 3. The molecule has 0 saturated heterocycles. The number of ether oxygens (including phenoxy) is 2. The molecule has 2 heterocycles. The molecule has 0 atom stereocenters. The Morgan fingerprint density at radius 3 is 2.64 bits per heavy atom. The Bertz CT molecular complexity index is 494. The van der Waals surface area contributed by atoms with E-state index in [-0.39, 0.29) is 6.09 Å². The minimum absolute atomic E-state index is 0.237. The summed E-state index contributed by atoms with van der Waals surface area (Å²) in [5.74, 6) is 0.492. The highest BCUT2D eigenvalue weighted by Gasteiger charge is 2.25. The van der Waals surface area contributed by atoms with Crippen molar-refractivity contribution < 1.29 is 14.3 Å². The van der Waals surface area contributed by atoms with Gasteiger partial charge < -0.3 is 14.4 Å². The fourth-order valence-corrected chi connectivity index (χ4v) is 3.10. The molecule has 1 aliphatic rings. The topological polar surface area (TPSA) is 51.7 Å². The van der Waals surface area contributed by atoms with E-state index in [4.69, 9.17) is 9.47 Å². The van der Waals surface area contributed by atoms with Gasteiger partial charge in [-0.1, -0.05) is 25.2 Å². The van der Waals surface area contributed by atoms with Gasteiger partial charge in [-0.15, -0.1) is 0 Å². The molecule has 0 bridgehead atoms. The summed E-state index contributed by atoms with van der Waals surface area (Å²) < 4.78 is 11.1. The number of fused-ring (bicyclic) bond motifs is 1. The quantitative estimate of drug-likeness (QED) is 0.853. The van der Waals surface area contributed by atoms with Crippen LogP contribution < -0.4 is 4.74 Å². The molecule has 1 aromatic heterocycles. The number of hydrogen-bond acceptors (Lipinski definition) is 5. The Balaban J connectivity index is 1.94. The Kier molecular flexibility index (Phi) is 5.32. The van der Waals surface area contributed by atoms with Crippen molar-refractivity contribution in [3.63, 3.8) is 0 Å². The van der Waals surface area contributed by atoms with Crippen molar-refractivity contribution in [3.05, 3.63) is 10.6 Å². The van der Waals surface area contributed by atoms with E-state index >= 15 is 0 Å². The molecule has 22 heavy (non-hydrogen) atoms. The van der Waals surface area contributed by atoms with Crippen molar-refractivity contribution >= 4 is 17.4 Å². The van der Waals surface area contributed by atoms with Crippen LogP contribution in [0.1, 0.15) is 45.2 Å². The van der Waals surface area contributed by atoms with Crippen LogP contribution in [0.5, 0.6) is 5.19 Å². The number of carbonyl (C=O) groups is 1. The highest BCUT2D eigenvalue weighted by Crippen LogP contribution is 2.28. The normalized spacial score (nSPS) is 15.5. The molecule has 5 nitrogen and oxygen atoms in total. The molecule has 2 rings (SSSR count). The average Bonchev–Trinajstić information content (AvgIpc) is 2.66. The number of nitrogens with zero attached hydrogens (tertiary/aromatic N) is 2.